The highest BCUT2D eigenvalue weighted by atomic mass is 16.6. The minimum Gasteiger partial charge on any atom is -0.493 e. The van der Waals surface area contributed by atoms with E-state index in [0.717, 1.165) is 6.54 Å². The summed E-state index contributed by atoms with van der Waals surface area (Å²) in [6, 6.07) is 6.38. The lowest BCUT2D eigenvalue weighted by Gasteiger charge is -2.12. The fourth-order valence-corrected chi connectivity index (χ4v) is 1.65. The Kier molecular flexibility index (Phi) is 5.76. The molecule has 0 bridgehead atoms. The summed E-state index contributed by atoms with van der Waals surface area (Å²) in [6.45, 7) is 4.82. The summed E-state index contributed by atoms with van der Waals surface area (Å²) in [5.41, 5.74) is 0.763. The molecular formula is C13H17N3O3. The molecule has 19 heavy (non-hydrogen) atoms. The van der Waals surface area contributed by atoms with E-state index in [1.165, 1.54) is 12.1 Å². The quantitative estimate of drug-likeness (QED) is 0.601. The smallest absolute Gasteiger partial charge is 0.269 e. The largest absolute Gasteiger partial charge is 0.493 e. The Hall–Kier alpha value is -2.13. The Bertz CT molecular complexity index is 483. The molecule has 1 N–H and O–H groups in total. The van der Waals surface area contributed by atoms with Crippen molar-refractivity contribution < 1.29 is 9.66 Å². The summed E-state index contributed by atoms with van der Waals surface area (Å²) in [5.74, 6) is 0.610. The first-order valence-corrected chi connectivity index (χ1v) is 6.09. The van der Waals surface area contributed by atoms with Crippen LogP contribution in [0.15, 0.2) is 18.2 Å². The highest BCUT2D eigenvalue weighted by Crippen LogP contribution is 2.23. The van der Waals surface area contributed by atoms with E-state index in [-0.39, 0.29) is 11.7 Å². The molecule has 0 spiro atoms. The Morgan fingerprint density at radius 3 is 2.84 bits per heavy atom. The van der Waals surface area contributed by atoms with E-state index in [2.05, 4.69) is 11.4 Å². The normalized spacial score (nSPS) is 11.6. The van der Waals surface area contributed by atoms with Crippen LogP contribution in [0.1, 0.15) is 18.9 Å². The Morgan fingerprint density at radius 2 is 2.32 bits per heavy atom. The maximum atomic E-state index is 10.6. The lowest BCUT2D eigenvalue weighted by molar-refractivity contribution is -0.384. The molecule has 0 heterocycles. The minimum absolute atomic E-state index is 0.0485. The first-order chi connectivity index (χ1) is 9.08. The number of aryl methyl sites for hydroxylation is 1. The number of nitro benzene ring substituents is 1. The van der Waals surface area contributed by atoms with E-state index in [1.807, 2.05) is 6.92 Å². The Labute approximate surface area is 112 Å². The van der Waals surface area contributed by atoms with Gasteiger partial charge in [0, 0.05) is 18.6 Å². The molecule has 1 unspecified atom stereocenters. The second kappa shape index (κ2) is 7.34. The number of nitriles is 1. The summed E-state index contributed by atoms with van der Waals surface area (Å²) in [6.07, 6.45) is 0.570. The Balaban J connectivity index is 2.54. The van der Waals surface area contributed by atoms with Gasteiger partial charge in [-0.25, -0.2) is 0 Å². The van der Waals surface area contributed by atoms with E-state index < -0.39 is 4.92 Å². The minimum atomic E-state index is -0.437. The zero-order valence-corrected chi connectivity index (χ0v) is 11.0. The van der Waals surface area contributed by atoms with Crippen LogP contribution in [0.3, 0.4) is 0 Å². The first-order valence-electron chi connectivity index (χ1n) is 6.09. The van der Waals surface area contributed by atoms with Crippen LogP contribution in [0.25, 0.3) is 0 Å². The van der Waals surface area contributed by atoms with Crippen molar-refractivity contribution in [3.8, 4) is 11.8 Å². The molecule has 0 fully saturated rings. The average molecular weight is 263 g/mol. The molecule has 1 atom stereocenters. The number of rotatable bonds is 7. The zero-order valence-electron chi connectivity index (χ0n) is 11.0. The van der Waals surface area contributed by atoms with Crippen LogP contribution in [0.5, 0.6) is 5.75 Å². The van der Waals surface area contributed by atoms with Gasteiger partial charge in [0.2, 0.25) is 0 Å². The van der Waals surface area contributed by atoms with Crippen LogP contribution in [0.2, 0.25) is 0 Å². The van der Waals surface area contributed by atoms with Gasteiger partial charge in [0.25, 0.3) is 5.69 Å². The molecule has 0 saturated carbocycles. The van der Waals surface area contributed by atoms with E-state index >= 15 is 0 Å². The lowest BCUT2D eigenvalue weighted by Crippen LogP contribution is -2.28. The number of non-ortho nitro benzene ring substituents is 1. The highest BCUT2D eigenvalue weighted by Gasteiger charge is 2.10. The second-order valence-corrected chi connectivity index (χ2v) is 4.08. The van der Waals surface area contributed by atoms with Crippen molar-refractivity contribution in [2.45, 2.75) is 26.3 Å². The van der Waals surface area contributed by atoms with Crippen LogP contribution in [0, 0.1) is 28.4 Å². The molecule has 0 radical (unpaired) electrons. The zero-order chi connectivity index (χ0) is 14.3. The topological polar surface area (TPSA) is 88.2 Å². The van der Waals surface area contributed by atoms with E-state index in [0.29, 0.717) is 24.3 Å². The van der Waals surface area contributed by atoms with Gasteiger partial charge in [-0.2, -0.15) is 5.26 Å². The molecule has 6 heteroatoms. The van der Waals surface area contributed by atoms with Crippen molar-refractivity contribution in [3.05, 3.63) is 33.9 Å². The molecule has 0 aromatic heterocycles. The maximum Gasteiger partial charge on any atom is 0.269 e. The third-order valence-electron chi connectivity index (χ3n) is 2.64. The van der Waals surface area contributed by atoms with E-state index in [1.54, 1.807) is 13.0 Å². The van der Waals surface area contributed by atoms with Gasteiger partial charge in [0.15, 0.2) is 0 Å². The molecule has 6 nitrogen and oxygen atoms in total. The van der Waals surface area contributed by atoms with E-state index in [9.17, 15) is 10.1 Å². The van der Waals surface area contributed by atoms with Gasteiger partial charge in [-0.3, -0.25) is 10.1 Å². The SMILES string of the molecule is CCNC(C#N)CCOc1ccc([N+](=O)[O-])cc1C. The first kappa shape index (κ1) is 14.9. The van der Waals surface area contributed by atoms with Crippen molar-refractivity contribution in [1.29, 1.82) is 5.26 Å². The highest BCUT2D eigenvalue weighted by molar-refractivity contribution is 5.42. The summed E-state index contributed by atoms with van der Waals surface area (Å²) < 4.78 is 5.54. The average Bonchev–Trinajstić information content (AvgIpc) is 2.39. The van der Waals surface area contributed by atoms with Gasteiger partial charge in [-0.1, -0.05) is 6.92 Å². The fourth-order valence-electron chi connectivity index (χ4n) is 1.65. The predicted molar refractivity (Wildman–Crippen MR) is 71.0 cm³/mol. The number of hydrogen-bond donors (Lipinski definition) is 1. The molecule has 0 aliphatic heterocycles. The van der Waals surface area contributed by atoms with E-state index in [4.69, 9.17) is 10.00 Å². The van der Waals surface area contributed by atoms with Gasteiger partial charge in [0.05, 0.1) is 23.6 Å². The molecule has 0 aliphatic rings. The Morgan fingerprint density at radius 1 is 1.58 bits per heavy atom. The molecule has 0 saturated heterocycles. The van der Waals surface area contributed by atoms with Crippen LogP contribution in [0.4, 0.5) is 5.69 Å². The third-order valence-corrected chi connectivity index (χ3v) is 2.64. The van der Waals surface area contributed by atoms with Crippen molar-refractivity contribution >= 4 is 5.69 Å². The predicted octanol–water partition coefficient (Wildman–Crippen LogP) is 2.17. The maximum absolute atomic E-state index is 10.6. The van der Waals surface area contributed by atoms with Crippen molar-refractivity contribution in [3.63, 3.8) is 0 Å². The molecule has 1 aromatic rings. The molecule has 1 aromatic carbocycles. The van der Waals surface area contributed by atoms with Crippen molar-refractivity contribution in [2.75, 3.05) is 13.2 Å². The van der Waals surface area contributed by atoms with Crippen LogP contribution in [-0.4, -0.2) is 24.1 Å². The molecule has 0 amide bonds. The number of nitro groups is 1. The van der Waals surface area contributed by atoms with Gasteiger partial charge in [0.1, 0.15) is 5.75 Å². The molecule has 1 rings (SSSR count). The standard InChI is InChI=1S/C13H17N3O3/c1-3-15-11(9-14)6-7-19-13-5-4-12(16(17)18)8-10(13)2/h4-5,8,11,15H,3,6-7H2,1-2H3. The number of nitrogens with one attached hydrogen (secondary N) is 1. The van der Waals surface area contributed by atoms with Gasteiger partial charge >= 0.3 is 0 Å². The third kappa shape index (κ3) is 4.56. The second-order valence-electron chi connectivity index (χ2n) is 4.08. The molecular weight excluding hydrogens is 246 g/mol. The molecule has 0 aliphatic carbocycles. The number of hydrogen-bond acceptors (Lipinski definition) is 5. The summed E-state index contributed by atoms with van der Waals surface area (Å²) in [7, 11) is 0. The number of ether oxygens (including phenoxy) is 1. The van der Waals surface area contributed by atoms with Gasteiger partial charge < -0.3 is 10.1 Å². The number of nitrogens with zero attached hydrogens (tertiary/aromatic N) is 2. The summed E-state index contributed by atoms with van der Waals surface area (Å²) in [4.78, 5) is 10.2. The summed E-state index contributed by atoms with van der Waals surface area (Å²) >= 11 is 0. The lowest BCUT2D eigenvalue weighted by atomic mass is 10.2. The van der Waals surface area contributed by atoms with Crippen molar-refractivity contribution in [2.24, 2.45) is 0 Å². The van der Waals surface area contributed by atoms with Gasteiger partial charge in [-0.15, -0.1) is 0 Å². The van der Waals surface area contributed by atoms with Gasteiger partial charge in [-0.05, 0) is 25.1 Å². The monoisotopic (exact) mass is 263 g/mol. The van der Waals surface area contributed by atoms with Crippen molar-refractivity contribution in [1.82, 2.24) is 5.32 Å². The fraction of sp³-hybridized carbons (Fsp3) is 0.462. The van der Waals surface area contributed by atoms with Crippen LogP contribution < -0.4 is 10.1 Å². The van der Waals surface area contributed by atoms with Crippen LogP contribution in [-0.2, 0) is 0 Å². The molecule has 102 valence electrons. The summed E-state index contributed by atoms with van der Waals surface area (Å²) in [5, 5.41) is 22.5. The number of benzene rings is 1. The van der Waals surface area contributed by atoms with Crippen LogP contribution >= 0.6 is 0 Å².